The van der Waals surface area contributed by atoms with Crippen molar-refractivity contribution in [3.8, 4) is 11.1 Å². The minimum atomic E-state index is -1.08. The van der Waals surface area contributed by atoms with Crippen LogP contribution in [0.1, 0.15) is 32.4 Å². The number of fused-ring (bicyclic) bond motifs is 3. The van der Waals surface area contributed by atoms with E-state index in [1.165, 1.54) is 0 Å². The summed E-state index contributed by atoms with van der Waals surface area (Å²) < 4.78 is 5.48. The van der Waals surface area contributed by atoms with Crippen molar-refractivity contribution < 1.29 is 19.4 Å². The molecule has 0 radical (unpaired) electrons. The van der Waals surface area contributed by atoms with E-state index in [-0.39, 0.29) is 18.9 Å². The molecular weight excluding hydrogens is 398 g/mol. The molecule has 4 rings (SSSR count). The maximum Gasteiger partial charge on any atom is 0.407 e. The lowest BCUT2D eigenvalue weighted by atomic mass is 9.98. The van der Waals surface area contributed by atoms with E-state index in [1.54, 1.807) is 11.3 Å². The molecule has 1 atom stereocenters. The van der Waals surface area contributed by atoms with Gasteiger partial charge in [0.2, 0.25) is 0 Å². The molecular formula is C24H23NO4S. The molecule has 0 saturated heterocycles. The fourth-order valence-electron chi connectivity index (χ4n) is 4.06. The molecule has 0 aliphatic heterocycles. The molecule has 1 heterocycles. The fraction of sp³-hybridized carbons (Fsp3) is 0.250. The molecule has 6 heteroatoms. The van der Waals surface area contributed by atoms with E-state index in [2.05, 4.69) is 17.4 Å². The number of benzene rings is 2. The first-order valence-electron chi connectivity index (χ1n) is 9.84. The molecule has 0 unspecified atom stereocenters. The summed E-state index contributed by atoms with van der Waals surface area (Å²) >= 11 is 1.55. The van der Waals surface area contributed by atoms with Crippen LogP contribution in [0.15, 0.2) is 54.6 Å². The molecule has 5 nitrogen and oxygen atoms in total. The molecule has 0 bridgehead atoms. The minimum absolute atomic E-state index is 0.0615. The number of amides is 1. The minimum Gasteiger partial charge on any atom is -0.480 e. The van der Waals surface area contributed by atoms with Crippen molar-refractivity contribution in [2.24, 2.45) is 0 Å². The van der Waals surface area contributed by atoms with Gasteiger partial charge in [0.25, 0.3) is 0 Å². The number of alkyl carbamates (subject to hydrolysis) is 1. The lowest BCUT2D eigenvalue weighted by molar-refractivity contribution is -0.139. The van der Waals surface area contributed by atoms with E-state index in [1.807, 2.05) is 56.3 Å². The monoisotopic (exact) mass is 421 g/mol. The second-order valence-corrected chi connectivity index (χ2v) is 8.87. The maximum atomic E-state index is 12.4. The number of carboxylic acid groups (broad SMARTS) is 1. The average Bonchev–Trinajstić information content (AvgIpc) is 3.22. The van der Waals surface area contributed by atoms with Crippen molar-refractivity contribution in [1.82, 2.24) is 5.32 Å². The third-order valence-corrected chi connectivity index (χ3v) is 6.64. The quantitative estimate of drug-likeness (QED) is 0.594. The topological polar surface area (TPSA) is 75.6 Å². The van der Waals surface area contributed by atoms with Gasteiger partial charge in [0, 0.05) is 22.1 Å². The third-order valence-electron chi connectivity index (χ3n) is 5.47. The van der Waals surface area contributed by atoms with Crippen LogP contribution in [0.4, 0.5) is 4.79 Å². The Morgan fingerprint density at radius 3 is 2.20 bits per heavy atom. The van der Waals surface area contributed by atoms with Crippen LogP contribution in [0.25, 0.3) is 11.1 Å². The lowest BCUT2D eigenvalue weighted by Crippen LogP contribution is -2.42. The number of aryl methyl sites for hydroxylation is 2. The van der Waals surface area contributed by atoms with E-state index in [4.69, 9.17) is 4.74 Å². The highest BCUT2D eigenvalue weighted by molar-refractivity contribution is 7.12. The summed E-state index contributed by atoms with van der Waals surface area (Å²) in [7, 11) is 0. The van der Waals surface area contributed by atoms with Crippen molar-refractivity contribution in [2.75, 3.05) is 6.61 Å². The molecule has 0 fully saturated rings. The SMILES string of the molecule is Cc1cc(C)c(C[C@H](NC(=O)OCC2c3ccccc3-c3ccccc32)C(=O)O)s1. The van der Waals surface area contributed by atoms with Gasteiger partial charge in [0.05, 0.1) is 0 Å². The summed E-state index contributed by atoms with van der Waals surface area (Å²) in [4.78, 5) is 26.2. The summed E-state index contributed by atoms with van der Waals surface area (Å²) in [6, 6.07) is 17.2. The molecule has 2 N–H and O–H groups in total. The summed E-state index contributed by atoms with van der Waals surface area (Å²) in [5.41, 5.74) is 5.57. The maximum absolute atomic E-state index is 12.4. The summed E-state index contributed by atoms with van der Waals surface area (Å²) in [6.07, 6.45) is -0.473. The van der Waals surface area contributed by atoms with Gasteiger partial charge in [-0.25, -0.2) is 9.59 Å². The van der Waals surface area contributed by atoms with Crippen molar-refractivity contribution in [2.45, 2.75) is 32.2 Å². The van der Waals surface area contributed by atoms with E-state index in [9.17, 15) is 14.7 Å². The van der Waals surface area contributed by atoms with Gasteiger partial charge in [0.1, 0.15) is 12.6 Å². The predicted molar refractivity (Wildman–Crippen MR) is 117 cm³/mol. The third kappa shape index (κ3) is 3.96. The number of carbonyl (C=O) groups is 2. The van der Waals surface area contributed by atoms with Gasteiger partial charge in [-0.05, 0) is 47.7 Å². The zero-order chi connectivity index (χ0) is 21.3. The van der Waals surface area contributed by atoms with E-state index in [0.717, 1.165) is 37.6 Å². The molecule has 1 amide bonds. The average molecular weight is 422 g/mol. The van der Waals surface area contributed by atoms with Crippen LogP contribution in [0.2, 0.25) is 0 Å². The van der Waals surface area contributed by atoms with Crippen LogP contribution >= 0.6 is 11.3 Å². The Morgan fingerprint density at radius 1 is 1.07 bits per heavy atom. The molecule has 1 aliphatic carbocycles. The van der Waals surface area contributed by atoms with Crippen LogP contribution in [-0.2, 0) is 16.0 Å². The Hall–Kier alpha value is -3.12. The van der Waals surface area contributed by atoms with Crippen LogP contribution < -0.4 is 5.32 Å². The predicted octanol–water partition coefficient (Wildman–Crippen LogP) is 4.90. The zero-order valence-electron chi connectivity index (χ0n) is 16.8. The second kappa shape index (κ2) is 8.32. The number of carboxylic acids is 1. The van der Waals surface area contributed by atoms with Crippen molar-refractivity contribution in [1.29, 1.82) is 0 Å². The highest BCUT2D eigenvalue weighted by Gasteiger charge is 2.30. The zero-order valence-corrected chi connectivity index (χ0v) is 17.7. The number of thiophene rings is 1. The molecule has 2 aromatic carbocycles. The smallest absolute Gasteiger partial charge is 0.407 e. The molecule has 154 valence electrons. The van der Waals surface area contributed by atoms with E-state index < -0.39 is 18.1 Å². The highest BCUT2D eigenvalue weighted by atomic mass is 32.1. The fourth-order valence-corrected chi connectivity index (χ4v) is 5.15. The van der Waals surface area contributed by atoms with Crippen LogP contribution in [0.3, 0.4) is 0 Å². The normalized spacial score (nSPS) is 13.4. The van der Waals surface area contributed by atoms with E-state index >= 15 is 0 Å². The molecule has 0 saturated carbocycles. The van der Waals surface area contributed by atoms with Gasteiger partial charge < -0.3 is 15.2 Å². The Kier molecular flexibility index (Phi) is 5.59. The van der Waals surface area contributed by atoms with Gasteiger partial charge in [-0.3, -0.25) is 0 Å². The number of ether oxygens (including phenoxy) is 1. The van der Waals surface area contributed by atoms with Crippen LogP contribution in [0.5, 0.6) is 0 Å². The number of aliphatic carboxylic acids is 1. The first-order chi connectivity index (χ1) is 14.4. The van der Waals surface area contributed by atoms with Crippen LogP contribution in [0, 0.1) is 13.8 Å². The van der Waals surface area contributed by atoms with Crippen molar-refractivity contribution in [3.05, 3.63) is 81.0 Å². The van der Waals surface area contributed by atoms with Gasteiger partial charge in [-0.1, -0.05) is 48.5 Å². The molecule has 3 aromatic rings. The second-order valence-electron chi connectivity index (χ2n) is 7.53. The number of nitrogens with one attached hydrogen (secondary N) is 1. The van der Waals surface area contributed by atoms with Gasteiger partial charge in [-0.2, -0.15) is 0 Å². The Morgan fingerprint density at radius 2 is 1.67 bits per heavy atom. The first kappa shape index (κ1) is 20.2. The Balaban J connectivity index is 1.44. The molecule has 30 heavy (non-hydrogen) atoms. The van der Waals surface area contributed by atoms with Gasteiger partial charge in [-0.15, -0.1) is 11.3 Å². The summed E-state index contributed by atoms with van der Waals surface area (Å²) in [5, 5.41) is 12.1. The Bertz CT molecular complexity index is 1060. The standard InChI is InChI=1S/C24H23NO4S/c1-14-11-15(2)30-22(14)12-21(23(26)27)25-24(28)29-13-20-18-9-5-3-7-16(18)17-8-4-6-10-19(17)20/h3-11,20-21H,12-13H2,1-2H3,(H,25,28)(H,26,27)/t21-/m0/s1. The van der Waals surface area contributed by atoms with E-state index in [0.29, 0.717) is 0 Å². The summed E-state index contributed by atoms with van der Waals surface area (Å²) in [6.45, 7) is 4.09. The molecule has 0 spiro atoms. The molecule has 1 aliphatic rings. The number of hydrogen-bond donors (Lipinski definition) is 2. The van der Waals surface area contributed by atoms with Crippen molar-refractivity contribution in [3.63, 3.8) is 0 Å². The highest BCUT2D eigenvalue weighted by Crippen LogP contribution is 2.44. The number of carbonyl (C=O) groups excluding carboxylic acids is 1. The van der Waals surface area contributed by atoms with Crippen molar-refractivity contribution >= 4 is 23.4 Å². The summed E-state index contributed by atoms with van der Waals surface area (Å²) in [5.74, 6) is -1.14. The van der Waals surface area contributed by atoms with Crippen LogP contribution in [-0.4, -0.2) is 29.8 Å². The molecule has 1 aromatic heterocycles. The number of hydrogen-bond acceptors (Lipinski definition) is 4. The number of rotatable bonds is 6. The Labute approximate surface area is 179 Å². The van der Waals surface area contributed by atoms with Gasteiger partial charge in [0.15, 0.2) is 0 Å². The lowest BCUT2D eigenvalue weighted by Gasteiger charge is -2.17. The van der Waals surface area contributed by atoms with Gasteiger partial charge >= 0.3 is 12.1 Å². The largest absolute Gasteiger partial charge is 0.480 e. The first-order valence-corrected chi connectivity index (χ1v) is 10.7.